The van der Waals surface area contributed by atoms with E-state index < -0.39 is 17.7 Å². The number of nitrogens with zero attached hydrogens (tertiary/aromatic N) is 1. The highest BCUT2D eigenvalue weighted by Crippen LogP contribution is 2.30. The van der Waals surface area contributed by atoms with Gasteiger partial charge in [-0.3, -0.25) is 9.59 Å². The molecule has 4 rings (SSSR count). The van der Waals surface area contributed by atoms with Gasteiger partial charge in [0.25, 0.3) is 0 Å². The van der Waals surface area contributed by atoms with E-state index in [0.29, 0.717) is 32.5 Å². The third kappa shape index (κ3) is 9.62. The molecule has 1 aliphatic heterocycles. The number of benzene rings is 3. The van der Waals surface area contributed by atoms with Crippen LogP contribution in [-0.4, -0.2) is 65.4 Å². The first-order valence-electron chi connectivity index (χ1n) is 15.5. The zero-order valence-corrected chi connectivity index (χ0v) is 26.3. The smallest absolute Gasteiger partial charge is 0.315 e. The second-order valence-corrected chi connectivity index (χ2v) is 12.2. The molecule has 6 N–H and O–H groups in total. The summed E-state index contributed by atoms with van der Waals surface area (Å²) in [6.45, 7) is 6.60. The number of nitrogens with one attached hydrogen (secondary N) is 4. The van der Waals surface area contributed by atoms with Crippen LogP contribution in [-0.2, 0) is 29.1 Å². The molecule has 0 radical (unpaired) electrons. The fraction of sp³-hybridized carbons (Fsp3) is 0.400. The Morgan fingerprint density at radius 2 is 1.71 bits per heavy atom. The fourth-order valence-corrected chi connectivity index (χ4v) is 5.48. The summed E-state index contributed by atoms with van der Waals surface area (Å²) in [5.41, 5.74) is 5.21. The summed E-state index contributed by atoms with van der Waals surface area (Å²) in [5.74, 6) is -0.367. The second kappa shape index (κ2) is 15.7. The van der Waals surface area contributed by atoms with E-state index in [0.717, 1.165) is 33.5 Å². The molecule has 0 aliphatic carbocycles. The van der Waals surface area contributed by atoms with Crippen LogP contribution in [0.2, 0.25) is 0 Å². The Balaban J connectivity index is 1.48. The molecule has 4 amide bonds. The summed E-state index contributed by atoms with van der Waals surface area (Å²) >= 11 is 0. The number of hydrogen-bond donors (Lipinski definition) is 6. The van der Waals surface area contributed by atoms with Gasteiger partial charge in [-0.2, -0.15) is 0 Å². The summed E-state index contributed by atoms with van der Waals surface area (Å²) in [4.78, 5) is 40.8. The summed E-state index contributed by atoms with van der Waals surface area (Å²) < 4.78 is 0. The van der Waals surface area contributed by atoms with Crippen LogP contribution >= 0.6 is 0 Å². The fourth-order valence-electron chi connectivity index (χ4n) is 5.48. The van der Waals surface area contributed by atoms with Crippen molar-refractivity contribution in [2.75, 3.05) is 24.6 Å². The van der Waals surface area contributed by atoms with Gasteiger partial charge in [-0.05, 0) is 67.5 Å². The van der Waals surface area contributed by atoms with Crippen molar-refractivity contribution in [1.29, 1.82) is 0 Å². The molecule has 10 heteroatoms. The molecule has 0 bridgehead atoms. The van der Waals surface area contributed by atoms with E-state index in [2.05, 4.69) is 21.3 Å². The van der Waals surface area contributed by atoms with Crippen LogP contribution in [0.3, 0.4) is 0 Å². The van der Waals surface area contributed by atoms with Gasteiger partial charge in [0, 0.05) is 37.3 Å². The Kier molecular flexibility index (Phi) is 11.7. The summed E-state index contributed by atoms with van der Waals surface area (Å²) in [6.07, 6.45) is 0.804. The van der Waals surface area contributed by atoms with Crippen molar-refractivity contribution >= 4 is 23.5 Å². The maximum Gasteiger partial charge on any atom is 0.315 e. The molecule has 3 aromatic rings. The summed E-state index contributed by atoms with van der Waals surface area (Å²) in [5, 5.41) is 30.2. The molecule has 0 unspecified atom stereocenters. The van der Waals surface area contributed by atoms with Gasteiger partial charge in [-0.15, -0.1) is 0 Å². The van der Waals surface area contributed by atoms with Crippen molar-refractivity contribution in [3.63, 3.8) is 0 Å². The lowest BCUT2D eigenvalue weighted by Crippen LogP contribution is -2.51. The zero-order chi connectivity index (χ0) is 32.4. The lowest BCUT2D eigenvalue weighted by Gasteiger charge is -2.29. The van der Waals surface area contributed by atoms with Gasteiger partial charge in [-0.25, -0.2) is 4.79 Å². The van der Waals surface area contributed by atoms with Crippen LogP contribution in [0.1, 0.15) is 50.3 Å². The second-order valence-electron chi connectivity index (χ2n) is 12.2. The largest absolute Gasteiger partial charge is 0.395 e. The molecule has 1 aliphatic rings. The minimum atomic E-state index is -0.661. The van der Waals surface area contributed by atoms with Crippen LogP contribution in [0.15, 0.2) is 72.8 Å². The quantitative estimate of drug-likeness (QED) is 0.174. The SMILES string of the molecule is C[C@@H](O)CNC(C)(C)CC(=O)N[C@@H]1CCc2ccccc2N(Cc2ccc(-c3ccccc3CNC(=O)NCCO)cc2)C1=O. The number of urea groups is 1. The van der Waals surface area contributed by atoms with Gasteiger partial charge in [-0.1, -0.05) is 66.7 Å². The molecule has 45 heavy (non-hydrogen) atoms. The number of rotatable bonds is 13. The number of carbonyl (C=O) groups is 3. The van der Waals surface area contributed by atoms with Gasteiger partial charge < -0.3 is 36.4 Å². The van der Waals surface area contributed by atoms with Gasteiger partial charge in [0.05, 0.1) is 19.3 Å². The highest BCUT2D eigenvalue weighted by atomic mass is 16.3. The lowest BCUT2D eigenvalue weighted by molar-refractivity contribution is -0.128. The minimum absolute atomic E-state index is 0.123. The topological polar surface area (TPSA) is 143 Å². The maximum atomic E-state index is 14.0. The molecule has 0 aromatic heterocycles. The predicted molar refractivity (Wildman–Crippen MR) is 175 cm³/mol. The summed E-state index contributed by atoms with van der Waals surface area (Å²) in [7, 11) is 0. The first-order valence-corrected chi connectivity index (χ1v) is 15.5. The number of carbonyl (C=O) groups excluding carboxylic acids is 3. The van der Waals surface area contributed by atoms with Gasteiger partial charge in [0.1, 0.15) is 6.04 Å². The number of aliphatic hydroxyl groups is 2. The zero-order valence-electron chi connectivity index (χ0n) is 26.3. The lowest BCUT2D eigenvalue weighted by atomic mass is 9.98. The van der Waals surface area contributed by atoms with Crippen molar-refractivity contribution < 1.29 is 24.6 Å². The number of amides is 4. The highest BCUT2D eigenvalue weighted by Gasteiger charge is 2.32. The van der Waals surface area contributed by atoms with E-state index in [1.807, 2.05) is 86.6 Å². The number of anilines is 1. The molecule has 0 saturated carbocycles. The molecule has 0 spiro atoms. The van der Waals surface area contributed by atoms with Crippen molar-refractivity contribution in [3.8, 4) is 11.1 Å². The van der Waals surface area contributed by atoms with E-state index in [-0.39, 0.29) is 37.4 Å². The number of aliphatic hydroxyl groups excluding tert-OH is 2. The van der Waals surface area contributed by atoms with E-state index in [4.69, 9.17) is 5.11 Å². The van der Waals surface area contributed by atoms with Crippen molar-refractivity contribution in [3.05, 3.63) is 89.5 Å². The third-order valence-corrected chi connectivity index (χ3v) is 7.82. The number of aryl methyl sites for hydroxylation is 1. The Morgan fingerprint density at radius 1 is 1.00 bits per heavy atom. The molecule has 2 atom stereocenters. The number of fused-ring (bicyclic) bond motifs is 1. The monoisotopic (exact) mass is 615 g/mol. The number of para-hydroxylation sites is 1. The molecule has 0 fully saturated rings. The molecule has 1 heterocycles. The standard InChI is InChI=1S/C35H45N5O5/c1-24(42)21-38-35(2,3)20-32(43)39-30-17-16-27-8-5-7-11-31(27)40(33(30)44)23-25-12-14-26(15-13-25)29-10-6-4-9-28(29)22-37-34(45)36-18-19-41/h4-15,24,30,38,41-42H,16-23H2,1-3H3,(H,39,43)(H2,36,37,45)/t24-,30-/m1/s1. The van der Waals surface area contributed by atoms with Crippen molar-refractivity contribution in [2.45, 2.75) is 70.8 Å². The normalized spacial score (nSPS) is 15.5. The van der Waals surface area contributed by atoms with Crippen LogP contribution in [0, 0.1) is 0 Å². The third-order valence-electron chi connectivity index (χ3n) is 7.82. The number of hydrogen-bond acceptors (Lipinski definition) is 6. The van der Waals surface area contributed by atoms with Crippen LogP contribution in [0.4, 0.5) is 10.5 Å². The first-order chi connectivity index (χ1) is 21.6. The van der Waals surface area contributed by atoms with E-state index >= 15 is 0 Å². The molecule has 240 valence electrons. The predicted octanol–water partition coefficient (Wildman–Crippen LogP) is 3.25. The molecular weight excluding hydrogens is 570 g/mol. The van der Waals surface area contributed by atoms with Gasteiger partial charge in [0.2, 0.25) is 11.8 Å². The van der Waals surface area contributed by atoms with Crippen LogP contribution in [0.25, 0.3) is 11.1 Å². The first kappa shape index (κ1) is 33.6. The van der Waals surface area contributed by atoms with Crippen LogP contribution in [0.5, 0.6) is 0 Å². The van der Waals surface area contributed by atoms with Gasteiger partial charge in [0.15, 0.2) is 0 Å². The molecule has 0 saturated heterocycles. The Bertz CT molecular complexity index is 1460. The number of β-amino-alcohol motifs (C(OH)–C–C–N with tert-alkyl or cyclic N) is 1. The van der Waals surface area contributed by atoms with Crippen molar-refractivity contribution in [1.82, 2.24) is 21.3 Å². The average molecular weight is 616 g/mol. The summed E-state index contributed by atoms with van der Waals surface area (Å²) in [6, 6.07) is 22.7. The maximum absolute atomic E-state index is 14.0. The van der Waals surface area contributed by atoms with Crippen LogP contribution < -0.4 is 26.2 Å². The Labute approximate surface area is 265 Å². The van der Waals surface area contributed by atoms with E-state index in [1.54, 1.807) is 11.8 Å². The molecule has 3 aromatic carbocycles. The van der Waals surface area contributed by atoms with E-state index in [1.165, 1.54) is 0 Å². The Hall–Kier alpha value is -4.25. The van der Waals surface area contributed by atoms with E-state index in [9.17, 15) is 19.5 Å². The molecular formula is C35H45N5O5. The van der Waals surface area contributed by atoms with Crippen molar-refractivity contribution in [2.24, 2.45) is 0 Å². The minimum Gasteiger partial charge on any atom is -0.395 e. The highest BCUT2D eigenvalue weighted by molar-refractivity contribution is 6.00. The molecule has 10 nitrogen and oxygen atoms in total. The Morgan fingerprint density at radius 3 is 2.44 bits per heavy atom. The average Bonchev–Trinajstić information content (AvgIpc) is 3.14. The van der Waals surface area contributed by atoms with Gasteiger partial charge >= 0.3 is 6.03 Å².